The summed E-state index contributed by atoms with van der Waals surface area (Å²) in [6.07, 6.45) is 3.04. The van der Waals surface area contributed by atoms with E-state index in [1.807, 2.05) is 18.7 Å². The van der Waals surface area contributed by atoms with E-state index in [2.05, 4.69) is 0 Å². The Hall–Kier alpha value is -2.18. The Labute approximate surface area is 116 Å². The number of nitro benzene ring substituents is 2. The molecular weight excluding hydrogens is 262 g/mol. The first-order valence-corrected chi connectivity index (χ1v) is 6.63. The van der Waals surface area contributed by atoms with Gasteiger partial charge in [-0.05, 0) is 39.2 Å². The lowest BCUT2D eigenvalue weighted by Crippen LogP contribution is -2.44. The second kappa shape index (κ2) is 5.44. The lowest BCUT2D eigenvalue weighted by molar-refractivity contribution is -0.393. The first kappa shape index (κ1) is 14.2. The van der Waals surface area contributed by atoms with Crippen molar-refractivity contribution in [3.05, 3.63) is 38.4 Å². The van der Waals surface area contributed by atoms with Crippen molar-refractivity contribution in [2.24, 2.45) is 0 Å². The standard InChI is InChI=1S/C13H17N3O4/c1-9-4-3-5-10(2)14(9)12-7-6-11(15(17)18)8-13(12)16(19)20/h6-10H,3-5H2,1-2H3. The predicted octanol–water partition coefficient (Wildman–Crippen LogP) is 3.27. The van der Waals surface area contributed by atoms with Crippen molar-refractivity contribution in [3.8, 4) is 0 Å². The summed E-state index contributed by atoms with van der Waals surface area (Å²) in [7, 11) is 0. The van der Waals surface area contributed by atoms with Crippen molar-refractivity contribution in [1.82, 2.24) is 0 Å². The van der Waals surface area contributed by atoms with Gasteiger partial charge >= 0.3 is 0 Å². The summed E-state index contributed by atoms with van der Waals surface area (Å²) in [5.74, 6) is 0. The van der Waals surface area contributed by atoms with Gasteiger partial charge in [0, 0.05) is 18.2 Å². The summed E-state index contributed by atoms with van der Waals surface area (Å²) in [5, 5.41) is 22.0. The molecule has 1 aromatic rings. The van der Waals surface area contributed by atoms with Gasteiger partial charge in [0.2, 0.25) is 0 Å². The number of hydrogen-bond acceptors (Lipinski definition) is 5. The lowest BCUT2D eigenvalue weighted by Gasteiger charge is -2.40. The summed E-state index contributed by atoms with van der Waals surface area (Å²) in [6.45, 7) is 4.06. The molecule has 0 aromatic heterocycles. The number of piperidine rings is 1. The Morgan fingerprint density at radius 2 is 1.70 bits per heavy atom. The molecule has 0 N–H and O–H groups in total. The van der Waals surface area contributed by atoms with E-state index in [9.17, 15) is 20.2 Å². The third-order valence-electron chi connectivity index (χ3n) is 3.84. The van der Waals surface area contributed by atoms with Gasteiger partial charge in [-0.15, -0.1) is 0 Å². The SMILES string of the molecule is CC1CCCC(C)N1c1ccc([N+](=O)[O-])cc1[N+](=O)[O-]. The predicted molar refractivity (Wildman–Crippen MR) is 75.0 cm³/mol. The molecule has 1 aromatic carbocycles. The maximum absolute atomic E-state index is 11.2. The maximum Gasteiger partial charge on any atom is 0.299 e. The van der Waals surface area contributed by atoms with Crippen LogP contribution < -0.4 is 4.90 Å². The van der Waals surface area contributed by atoms with Gasteiger partial charge in [-0.3, -0.25) is 20.2 Å². The lowest BCUT2D eigenvalue weighted by atomic mass is 9.96. The van der Waals surface area contributed by atoms with Crippen LogP contribution in [0.3, 0.4) is 0 Å². The Kier molecular flexibility index (Phi) is 3.87. The summed E-state index contributed by atoms with van der Waals surface area (Å²) in [5.41, 5.74) is 0.0258. The number of benzene rings is 1. The van der Waals surface area contributed by atoms with E-state index >= 15 is 0 Å². The van der Waals surface area contributed by atoms with Crippen molar-refractivity contribution in [3.63, 3.8) is 0 Å². The summed E-state index contributed by atoms with van der Waals surface area (Å²) >= 11 is 0. The molecule has 108 valence electrons. The maximum atomic E-state index is 11.2. The topological polar surface area (TPSA) is 89.5 Å². The zero-order chi connectivity index (χ0) is 14.9. The van der Waals surface area contributed by atoms with E-state index in [1.165, 1.54) is 12.1 Å². The van der Waals surface area contributed by atoms with Gasteiger partial charge in [-0.1, -0.05) is 0 Å². The molecule has 0 spiro atoms. The molecule has 2 atom stereocenters. The Bertz CT molecular complexity index is 536. The molecule has 1 saturated heterocycles. The van der Waals surface area contributed by atoms with Gasteiger partial charge in [-0.2, -0.15) is 0 Å². The Morgan fingerprint density at radius 3 is 2.20 bits per heavy atom. The number of nitrogens with zero attached hydrogens (tertiary/aromatic N) is 3. The molecule has 1 aliphatic heterocycles. The highest BCUT2D eigenvalue weighted by atomic mass is 16.6. The van der Waals surface area contributed by atoms with E-state index in [1.54, 1.807) is 0 Å². The average molecular weight is 279 g/mol. The summed E-state index contributed by atoms with van der Waals surface area (Å²) in [4.78, 5) is 22.8. The molecular formula is C13H17N3O4. The number of non-ortho nitro benzene ring substituents is 1. The second-order valence-corrected chi connectivity index (χ2v) is 5.22. The van der Waals surface area contributed by atoms with Crippen LogP contribution >= 0.6 is 0 Å². The Balaban J connectivity index is 2.49. The number of nitro groups is 2. The molecule has 7 nitrogen and oxygen atoms in total. The average Bonchev–Trinajstić information content (AvgIpc) is 2.38. The van der Waals surface area contributed by atoms with Crippen molar-refractivity contribution in [2.75, 3.05) is 4.90 Å². The second-order valence-electron chi connectivity index (χ2n) is 5.22. The van der Waals surface area contributed by atoms with Gasteiger partial charge < -0.3 is 4.90 Å². The highest BCUT2D eigenvalue weighted by molar-refractivity contribution is 5.67. The van der Waals surface area contributed by atoms with E-state index in [0.717, 1.165) is 25.3 Å². The molecule has 2 rings (SSSR count). The minimum atomic E-state index is -0.611. The zero-order valence-electron chi connectivity index (χ0n) is 11.5. The summed E-state index contributed by atoms with van der Waals surface area (Å²) in [6, 6.07) is 4.26. The smallest absolute Gasteiger partial charge is 0.299 e. The normalized spacial score (nSPS) is 22.6. The monoisotopic (exact) mass is 279 g/mol. The molecule has 0 bridgehead atoms. The molecule has 1 heterocycles. The first-order chi connectivity index (χ1) is 9.41. The quantitative estimate of drug-likeness (QED) is 0.625. The van der Waals surface area contributed by atoms with Gasteiger partial charge in [0.05, 0.1) is 15.9 Å². The fourth-order valence-electron chi connectivity index (χ4n) is 2.89. The van der Waals surface area contributed by atoms with Crippen LogP contribution in [0, 0.1) is 20.2 Å². The molecule has 0 radical (unpaired) electrons. The van der Waals surface area contributed by atoms with Crippen LogP contribution in [0.1, 0.15) is 33.1 Å². The van der Waals surface area contributed by atoms with Gasteiger partial charge in [-0.25, -0.2) is 0 Å². The van der Waals surface area contributed by atoms with Crippen LogP contribution in [0.5, 0.6) is 0 Å². The summed E-state index contributed by atoms with van der Waals surface area (Å²) < 4.78 is 0. The van der Waals surface area contributed by atoms with Crippen LogP contribution in [0.4, 0.5) is 17.1 Å². The van der Waals surface area contributed by atoms with Crippen molar-refractivity contribution >= 4 is 17.1 Å². The first-order valence-electron chi connectivity index (χ1n) is 6.63. The number of rotatable bonds is 3. The van der Waals surface area contributed by atoms with Crippen molar-refractivity contribution < 1.29 is 9.85 Å². The third-order valence-corrected chi connectivity index (χ3v) is 3.84. The molecule has 1 fully saturated rings. The molecule has 1 aliphatic rings. The van der Waals surface area contributed by atoms with E-state index in [4.69, 9.17) is 0 Å². The van der Waals surface area contributed by atoms with E-state index in [-0.39, 0.29) is 23.5 Å². The van der Waals surface area contributed by atoms with Crippen LogP contribution in [0.15, 0.2) is 18.2 Å². The molecule has 7 heteroatoms. The van der Waals surface area contributed by atoms with Crippen LogP contribution in [-0.4, -0.2) is 21.9 Å². The molecule has 0 aliphatic carbocycles. The molecule has 0 saturated carbocycles. The molecule has 20 heavy (non-hydrogen) atoms. The van der Waals surface area contributed by atoms with Crippen molar-refractivity contribution in [2.45, 2.75) is 45.2 Å². The highest BCUT2D eigenvalue weighted by Crippen LogP contribution is 2.37. The van der Waals surface area contributed by atoms with Crippen LogP contribution in [0.2, 0.25) is 0 Å². The van der Waals surface area contributed by atoms with Crippen LogP contribution in [0.25, 0.3) is 0 Å². The van der Waals surface area contributed by atoms with Gasteiger partial charge in [0.15, 0.2) is 0 Å². The third kappa shape index (κ3) is 2.56. The van der Waals surface area contributed by atoms with E-state index in [0.29, 0.717) is 5.69 Å². The minimum Gasteiger partial charge on any atom is -0.361 e. The highest BCUT2D eigenvalue weighted by Gasteiger charge is 2.31. The van der Waals surface area contributed by atoms with E-state index < -0.39 is 9.85 Å². The zero-order valence-corrected chi connectivity index (χ0v) is 11.5. The van der Waals surface area contributed by atoms with Crippen LogP contribution in [-0.2, 0) is 0 Å². The molecule has 2 unspecified atom stereocenters. The number of hydrogen-bond donors (Lipinski definition) is 0. The fourth-order valence-corrected chi connectivity index (χ4v) is 2.89. The fraction of sp³-hybridized carbons (Fsp3) is 0.538. The number of anilines is 1. The largest absolute Gasteiger partial charge is 0.361 e. The van der Waals surface area contributed by atoms with Gasteiger partial charge in [0.1, 0.15) is 5.69 Å². The minimum absolute atomic E-state index is 0.193. The Morgan fingerprint density at radius 1 is 1.10 bits per heavy atom. The van der Waals surface area contributed by atoms with Crippen molar-refractivity contribution in [1.29, 1.82) is 0 Å². The van der Waals surface area contributed by atoms with Gasteiger partial charge in [0.25, 0.3) is 11.4 Å². The molecule has 0 amide bonds.